The number of aromatic nitrogens is 1. The minimum absolute atomic E-state index is 0.00557. The summed E-state index contributed by atoms with van der Waals surface area (Å²) < 4.78 is 46.7. The number of ether oxygens (including phenoxy) is 1. The average molecular weight is 426 g/mol. The van der Waals surface area contributed by atoms with Gasteiger partial charge < -0.3 is 15.8 Å². The summed E-state index contributed by atoms with van der Waals surface area (Å²) in [6.45, 7) is -1.29. The first-order valence-electron chi connectivity index (χ1n) is 8.06. The predicted molar refractivity (Wildman–Crippen MR) is 101 cm³/mol. The second-order valence-corrected chi connectivity index (χ2v) is 6.04. The van der Waals surface area contributed by atoms with Crippen molar-refractivity contribution >= 4 is 29.2 Å². The van der Waals surface area contributed by atoms with Crippen molar-refractivity contribution in [3.63, 3.8) is 0 Å². The molecule has 0 saturated heterocycles. The fourth-order valence-electron chi connectivity index (χ4n) is 2.27. The van der Waals surface area contributed by atoms with Crippen LogP contribution in [0, 0.1) is 17.1 Å². The van der Waals surface area contributed by atoms with E-state index in [1.165, 1.54) is 19.2 Å². The van der Waals surface area contributed by atoms with E-state index < -0.39 is 42.3 Å². The van der Waals surface area contributed by atoms with Crippen LogP contribution in [0.1, 0.15) is 27.8 Å². The molecule has 152 valence electrons. The molecule has 2 aromatic rings. The van der Waals surface area contributed by atoms with Gasteiger partial charge in [0, 0.05) is 24.5 Å². The molecule has 0 aliphatic carbocycles. The van der Waals surface area contributed by atoms with Crippen molar-refractivity contribution in [3.05, 3.63) is 58.1 Å². The molecule has 2 rings (SSSR count). The van der Waals surface area contributed by atoms with E-state index >= 15 is 0 Å². The Kier molecular flexibility index (Phi) is 7.39. The zero-order chi connectivity index (χ0) is 21.6. The molecule has 0 fully saturated rings. The van der Waals surface area contributed by atoms with Crippen molar-refractivity contribution in [3.8, 4) is 6.07 Å². The molecule has 0 spiro atoms. The van der Waals surface area contributed by atoms with Gasteiger partial charge >= 0.3 is 0 Å². The van der Waals surface area contributed by atoms with Crippen LogP contribution >= 0.6 is 11.6 Å². The lowest BCUT2D eigenvalue weighted by atomic mass is 10.0. The Morgan fingerprint density at radius 3 is 2.79 bits per heavy atom. The number of halogens is 4. The van der Waals surface area contributed by atoms with Crippen LogP contribution < -0.4 is 11.1 Å². The summed E-state index contributed by atoms with van der Waals surface area (Å²) >= 11 is 5.92. The van der Waals surface area contributed by atoms with Crippen LogP contribution in [-0.2, 0) is 4.74 Å². The number of nitrogens with zero attached hydrogens (tertiary/aromatic N) is 3. The van der Waals surface area contributed by atoms with Crippen LogP contribution in [0.2, 0.25) is 5.02 Å². The summed E-state index contributed by atoms with van der Waals surface area (Å²) in [6, 6.07) is 5.68. The van der Waals surface area contributed by atoms with E-state index in [1.807, 2.05) is 6.07 Å². The largest absolute Gasteiger partial charge is 0.456 e. The predicted octanol–water partition coefficient (Wildman–Crippen LogP) is 3.31. The lowest BCUT2D eigenvalue weighted by Crippen LogP contribution is -2.30. The number of carbonyl (C=O) groups excluding carboxylic acids is 1. The smallest absolute Gasteiger partial charge is 0.282 e. The Morgan fingerprint density at radius 2 is 2.21 bits per heavy atom. The van der Waals surface area contributed by atoms with E-state index in [-0.39, 0.29) is 22.0 Å². The van der Waals surface area contributed by atoms with Crippen molar-refractivity contribution in [2.75, 3.05) is 19.0 Å². The number of nitriles is 1. The Morgan fingerprint density at radius 1 is 1.48 bits per heavy atom. The first kappa shape index (κ1) is 22.0. The molecule has 29 heavy (non-hydrogen) atoms. The molecular formula is C18H15ClF3N5O2. The Labute approximate surface area is 169 Å². The molecule has 0 aliphatic heterocycles. The second kappa shape index (κ2) is 9.75. The van der Waals surface area contributed by atoms with E-state index in [1.54, 1.807) is 0 Å². The summed E-state index contributed by atoms with van der Waals surface area (Å²) in [5, 5.41) is 11.1. The van der Waals surface area contributed by atoms with E-state index in [4.69, 9.17) is 27.3 Å². The number of carbonyl (C=O) groups is 1. The summed E-state index contributed by atoms with van der Waals surface area (Å²) in [6.07, 6.45) is -2.81. The number of alkyl halides is 2. The first-order chi connectivity index (χ1) is 13.8. The van der Waals surface area contributed by atoms with Gasteiger partial charge in [-0.1, -0.05) is 11.6 Å². The Hall–Kier alpha value is -3.32. The quantitative estimate of drug-likeness (QED) is 0.544. The normalized spacial score (nSPS) is 13.3. The minimum Gasteiger partial charge on any atom is -0.456 e. The number of nitrogens with two attached hydrogens (primary N) is 1. The monoisotopic (exact) mass is 425 g/mol. The third-order valence-corrected chi connectivity index (χ3v) is 4.00. The van der Waals surface area contributed by atoms with Gasteiger partial charge in [0.1, 0.15) is 24.3 Å². The third-order valence-electron chi connectivity index (χ3n) is 3.71. The molecule has 0 aliphatic rings. The molecule has 0 unspecified atom stereocenters. The van der Waals surface area contributed by atoms with Gasteiger partial charge in [-0.3, -0.25) is 4.79 Å². The van der Waals surface area contributed by atoms with Gasteiger partial charge in [-0.25, -0.2) is 23.1 Å². The highest BCUT2D eigenvalue weighted by Crippen LogP contribution is 2.29. The number of amidine groups is 1. The lowest BCUT2D eigenvalue weighted by Gasteiger charge is -2.20. The van der Waals surface area contributed by atoms with Crippen LogP contribution in [0.25, 0.3) is 0 Å². The first-order valence-corrected chi connectivity index (χ1v) is 8.43. The molecule has 1 heterocycles. The summed E-state index contributed by atoms with van der Waals surface area (Å²) in [5.74, 6) is -1.74. The van der Waals surface area contributed by atoms with E-state index in [2.05, 4.69) is 15.3 Å². The molecule has 1 aromatic heterocycles. The highest BCUT2D eigenvalue weighted by atomic mass is 35.5. The highest BCUT2D eigenvalue weighted by molar-refractivity contribution is 6.34. The Balaban J connectivity index is 2.26. The summed E-state index contributed by atoms with van der Waals surface area (Å²) in [4.78, 5) is 19.6. The van der Waals surface area contributed by atoms with Gasteiger partial charge in [0.15, 0.2) is 12.3 Å². The fraction of sp³-hybridized carbons (Fsp3) is 0.222. The van der Waals surface area contributed by atoms with Gasteiger partial charge in [-0.05, 0) is 24.3 Å². The Bertz CT molecular complexity index is 980. The van der Waals surface area contributed by atoms with E-state index in [0.717, 1.165) is 18.3 Å². The summed E-state index contributed by atoms with van der Waals surface area (Å²) in [5.41, 5.74) is 4.73. The highest BCUT2D eigenvalue weighted by Gasteiger charge is 2.28. The number of benzene rings is 1. The molecule has 3 N–H and O–H groups in total. The maximum Gasteiger partial charge on any atom is 0.282 e. The average Bonchev–Trinajstić information content (AvgIpc) is 2.72. The van der Waals surface area contributed by atoms with Gasteiger partial charge in [-0.15, -0.1) is 0 Å². The molecule has 1 amide bonds. The molecular weight excluding hydrogens is 411 g/mol. The standard InChI is InChI=1S/C18H15ClF3N5O2/c1-25-18(24)29-14(6-20)15(22)11-5-10(2-3-13(11)21)27-17(28)16-12(19)4-9(7-23)8-26-16/h2-5,8,14-15H,6H2,1H3,(H2,24,25)(H,27,28)/t14-,15-/m1/s1. The number of hydrogen-bond acceptors (Lipinski definition) is 5. The number of aliphatic imine (C=N–C) groups is 1. The van der Waals surface area contributed by atoms with Crippen molar-refractivity contribution in [2.45, 2.75) is 12.3 Å². The number of pyridine rings is 1. The topological polar surface area (TPSA) is 113 Å². The zero-order valence-corrected chi connectivity index (χ0v) is 15.8. The number of rotatable bonds is 6. The summed E-state index contributed by atoms with van der Waals surface area (Å²) in [7, 11) is 1.26. The maximum absolute atomic E-state index is 14.7. The van der Waals surface area contributed by atoms with Crippen LogP contribution in [0.4, 0.5) is 18.9 Å². The number of hydrogen-bond donors (Lipinski definition) is 2. The molecule has 7 nitrogen and oxygen atoms in total. The van der Waals surface area contributed by atoms with Crippen LogP contribution in [0.5, 0.6) is 0 Å². The molecule has 1 aromatic carbocycles. The molecule has 11 heteroatoms. The zero-order valence-electron chi connectivity index (χ0n) is 15.0. The maximum atomic E-state index is 14.7. The number of anilines is 1. The van der Waals surface area contributed by atoms with Crippen LogP contribution in [-0.4, -0.2) is 36.7 Å². The molecule has 0 bridgehead atoms. The fourth-order valence-corrected chi connectivity index (χ4v) is 2.52. The van der Waals surface area contributed by atoms with Crippen molar-refractivity contribution in [1.29, 1.82) is 5.26 Å². The van der Waals surface area contributed by atoms with Crippen LogP contribution in [0.3, 0.4) is 0 Å². The van der Waals surface area contributed by atoms with Crippen LogP contribution in [0.15, 0.2) is 35.5 Å². The number of nitrogens with one attached hydrogen (secondary N) is 1. The van der Waals surface area contributed by atoms with Crippen molar-refractivity contribution in [1.82, 2.24) is 4.98 Å². The third kappa shape index (κ3) is 5.36. The lowest BCUT2D eigenvalue weighted by molar-refractivity contribution is 0.0632. The molecule has 2 atom stereocenters. The second-order valence-electron chi connectivity index (χ2n) is 5.63. The minimum atomic E-state index is -2.23. The van der Waals surface area contributed by atoms with E-state index in [0.29, 0.717) is 0 Å². The number of amides is 1. The molecule has 0 radical (unpaired) electrons. The van der Waals surface area contributed by atoms with Crippen molar-refractivity contribution in [2.24, 2.45) is 10.7 Å². The van der Waals surface area contributed by atoms with Gasteiger partial charge in [0.05, 0.1) is 10.6 Å². The van der Waals surface area contributed by atoms with Gasteiger partial charge in [0.2, 0.25) is 0 Å². The van der Waals surface area contributed by atoms with Gasteiger partial charge in [0.25, 0.3) is 11.9 Å². The van der Waals surface area contributed by atoms with E-state index in [9.17, 15) is 18.0 Å². The van der Waals surface area contributed by atoms with Gasteiger partial charge in [-0.2, -0.15) is 5.26 Å². The van der Waals surface area contributed by atoms with Crippen molar-refractivity contribution < 1.29 is 22.7 Å². The SMILES string of the molecule is C/N=C(/N)O[C@H](CF)[C@H](F)c1cc(NC(=O)c2ncc(C#N)cc2Cl)ccc1F. The molecule has 0 saturated carbocycles.